The second-order valence-corrected chi connectivity index (χ2v) is 4.16. The van der Waals surface area contributed by atoms with Crippen LogP contribution in [-0.2, 0) is 0 Å². The number of carbonyl (C=O) groups excluding carboxylic acids is 1. The zero-order valence-corrected chi connectivity index (χ0v) is 10.8. The molecule has 0 saturated carbocycles. The normalized spacial score (nSPS) is 9.76. The lowest BCUT2D eigenvalue weighted by molar-refractivity contribution is -0.384. The minimum absolute atomic E-state index is 0.0704. The summed E-state index contributed by atoms with van der Waals surface area (Å²) in [5.41, 5.74) is 0.298. The Kier molecular flexibility index (Phi) is 4.89. The van der Waals surface area contributed by atoms with Gasteiger partial charge in [-0.05, 0) is 28.4 Å². The molecule has 2 amide bonds. The number of anilines is 1. The summed E-state index contributed by atoms with van der Waals surface area (Å²) in [5.74, 6) is 0. The first kappa shape index (κ1) is 13.4. The standard InChI is InChI=1S/C10H12BrN3O3/c1-2-5-12-10(15)13-9-6-7(14(16)17)3-4-8(9)11/h3-4,6H,2,5H2,1H3,(H2,12,13,15). The Bertz CT molecular complexity index is 437. The molecule has 0 saturated heterocycles. The summed E-state index contributed by atoms with van der Waals surface area (Å²) in [6, 6.07) is 3.80. The van der Waals surface area contributed by atoms with E-state index in [4.69, 9.17) is 0 Å². The van der Waals surface area contributed by atoms with Gasteiger partial charge >= 0.3 is 6.03 Å². The van der Waals surface area contributed by atoms with E-state index in [2.05, 4.69) is 26.6 Å². The zero-order chi connectivity index (χ0) is 12.8. The van der Waals surface area contributed by atoms with Crippen molar-refractivity contribution in [2.24, 2.45) is 0 Å². The van der Waals surface area contributed by atoms with Crippen LogP contribution in [0.1, 0.15) is 13.3 Å². The molecule has 0 radical (unpaired) electrons. The van der Waals surface area contributed by atoms with Crippen molar-refractivity contribution < 1.29 is 9.72 Å². The van der Waals surface area contributed by atoms with Gasteiger partial charge in [0, 0.05) is 23.2 Å². The maximum absolute atomic E-state index is 11.4. The van der Waals surface area contributed by atoms with Crippen LogP contribution in [0.25, 0.3) is 0 Å². The molecule has 0 atom stereocenters. The molecule has 1 aromatic rings. The van der Waals surface area contributed by atoms with Crippen molar-refractivity contribution in [3.63, 3.8) is 0 Å². The maximum Gasteiger partial charge on any atom is 0.319 e. The third kappa shape index (κ3) is 4.03. The van der Waals surface area contributed by atoms with Gasteiger partial charge < -0.3 is 10.6 Å². The van der Waals surface area contributed by atoms with E-state index in [0.29, 0.717) is 16.7 Å². The largest absolute Gasteiger partial charge is 0.338 e. The Labute approximate surface area is 107 Å². The lowest BCUT2D eigenvalue weighted by Gasteiger charge is -2.08. The number of nitro groups is 1. The summed E-state index contributed by atoms with van der Waals surface area (Å²) in [7, 11) is 0. The Morgan fingerprint density at radius 2 is 2.24 bits per heavy atom. The van der Waals surface area contributed by atoms with E-state index >= 15 is 0 Å². The number of nitro benzene ring substituents is 1. The fraction of sp³-hybridized carbons (Fsp3) is 0.300. The second kappa shape index (κ2) is 6.19. The molecule has 6 nitrogen and oxygen atoms in total. The van der Waals surface area contributed by atoms with Gasteiger partial charge in [0.2, 0.25) is 0 Å². The van der Waals surface area contributed by atoms with Crippen LogP contribution in [-0.4, -0.2) is 17.5 Å². The zero-order valence-electron chi connectivity index (χ0n) is 9.20. The quantitative estimate of drug-likeness (QED) is 0.662. The highest BCUT2D eigenvalue weighted by molar-refractivity contribution is 9.10. The van der Waals surface area contributed by atoms with Crippen molar-refractivity contribution >= 4 is 33.3 Å². The summed E-state index contributed by atoms with van der Waals surface area (Å²) in [4.78, 5) is 21.5. The first-order chi connectivity index (χ1) is 8.04. The minimum atomic E-state index is -0.512. The Hall–Kier alpha value is -1.63. The summed E-state index contributed by atoms with van der Waals surface area (Å²) in [6.07, 6.45) is 0.823. The summed E-state index contributed by atoms with van der Waals surface area (Å²) in [5, 5.41) is 15.7. The monoisotopic (exact) mass is 301 g/mol. The van der Waals surface area contributed by atoms with Crippen LogP contribution in [0.4, 0.5) is 16.2 Å². The van der Waals surface area contributed by atoms with Crippen molar-refractivity contribution in [1.82, 2.24) is 5.32 Å². The van der Waals surface area contributed by atoms with Gasteiger partial charge in [0.25, 0.3) is 5.69 Å². The van der Waals surface area contributed by atoms with Crippen LogP contribution in [0.3, 0.4) is 0 Å². The summed E-state index contributed by atoms with van der Waals surface area (Å²) in [6.45, 7) is 2.49. The van der Waals surface area contributed by atoms with Crippen molar-refractivity contribution in [3.05, 3.63) is 32.8 Å². The van der Waals surface area contributed by atoms with Gasteiger partial charge in [0.15, 0.2) is 0 Å². The number of non-ortho nitro benzene ring substituents is 1. The number of nitrogens with zero attached hydrogens (tertiary/aromatic N) is 1. The third-order valence-electron chi connectivity index (χ3n) is 1.94. The number of urea groups is 1. The van der Waals surface area contributed by atoms with Crippen LogP contribution in [0.5, 0.6) is 0 Å². The van der Waals surface area contributed by atoms with Crippen LogP contribution >= 0.6 is 15.9 Å². The third-order valence-corrected chi connectivity index (χ3v) is 2.64. The molecule has 0 fully saturated rings. The van der Waals surface area contributed by atoms with Crippen molar-refractivity contribution in [1.29, 1.82) is 0 Å². The molecule has 7 heteroatoms. The first-order valence-electron chi connectivity index (χ1n) is 5.03. The van der Waals surface area contributed by atoms with E-state index in [0.717, 1.165) is 6.42 Å². The van der Waals surface area contributed by atoms with Gasteiger partial charge in [-0.1, -0.05) is 6.92 Å². The lowest BCUT2D eigenvalue weighted by Crippen LogP contribution is -2.29. The van der Waals surface area contributed by atoms with Crippen molar-refractivity contribution in [2.75, 3.05) is 11.9 Å². The Balaban J connectivity index is 2.79. The van der Waals surface area contributed by atoms with Crippen LogP contribution in [0, 0.1) is 10.1 Å². The fourth-order valence-corrected chi connectivity index (χ4v) is 1.47. The second-order valence-electron chi connectivity index (χ2n) is 3.30. The number of rotatable bonds is 4. The molecule has 0 spiro atoms. The van der Waals surface area contributed by atoms with Gasteiger partial charge in [-0.25, -0.2) is 4.79 Å². The molecule has 2 N–H and O–H groups in total. The van der Waals surface area contributed by atoms with E-state index in [-0.39, 0.29) is 11.7 Å². The summed E-state index contributed by atoms with van der Waals surface area (Å²) >= 11 is 3.21. The molecule has 92 valence electrons. The van der Waals surface area contributed by atoms with Gasteiger partial charge in [-0.15, -0.1) is 0 Å². The number of carbonyl (C=O) groups is 1. The molecular weight excluding hydrogens is 290 g/mol. The highest BCUT2D eigenvalue weighted by Crippen LogP contribution is 2.26. The molecule has 1 rings (SSSR count). The lowest BCUT2D eigenvalue weighted by atomic mass is 10.3. The minimum Gasteiger partial charge on any atom is -0.338 e. The molecular formula is C10H12BrN3O3. The highest BCUT2D eigenvalue weighted by Gasteiger charge is 2.11. The molecule has 1 aromatic carbocycles. The molecule has 0 aliphatic carbocycles. The maximum atomic E-state index is 11.4. The van der Waals surface area contributed by atoms with Gasteiger partial charge in [0.1, 0.15) is 0 Å². The van der Waals surface area contributed by atoms with E-state index in [1.54, 1.807) is 0 Å². The predicted octanol–water partition coefficient (Wildman–Crippen LogP) is 2.89. The fourth-order valence-electron chi connectivity index (χ4n) is 1.13. The molecule has 0 heterocycles. The molecule has 0 bridgehead atoms. The molecule has 0 aliphatic rings. The predicted molar refractivity (Wildman–Crippen MR) is 68.1 cm³/mol. The Morgan fingerprint density at radius 1 is 1.53 bits per heavy atom. The number of hydrogen-bond donors (Lipinski definition) is 2. The van der Waals surface area contributed by atoms with E-state index in [1.807, 2.05) is 6.92 Å². The number of benzene rings is 1. The van der Waals surface area contributed by atoms with Gasteiger partial charge in [0.05, 0.1) is 10.6 Å². The molecule has 0 unspecified atom stereocenters. The van der Waals surface area contributed by atoms with Gasteiger partial charge in [-0.2, -0.15) is 0 Å². The molecule has 0 aliphatic heterocycles. The van der Waals surface area contributed by atoms with E-state index in [9.17, 15) is 14.9 Å². The topological polar surface area (TPSA) is 84.3 Å². The summed E-state index contributed by atoms with van der Waals surface area (Å²) < 4.78 is 0.592. The Morgan fingerprint density at radius 3 is 2.82 bits per heavy atom. The number of hydrogen-bond acceptors (Lipinski definition) is 3. The highest BCUT2D eigenvalue weighted by atomic mass is 79.9. The number of amides is 2. The van der Waals surface area contributed by atoms with Crippen LogP contribution in [0.15, 0.2) is 22.7 Å². The number of nitrogens with one attached hydrogen (secondary N) is 2. The first-order valence-corrected chi connectivity index (χ1v) is 5.82. The van der Waals surface area contributed by atoms with Crippen LogP contribution < -0.4 is 10.6 Å². The molecule has 0 aromatic heterocycles. The average molecular weight is 302 g/mol. The van der Waals surface area contributed by atoms with Gasteiger partial charge in [-0.3, -0.25) is 10.1 Å². The van der Waals surface area contributed by atoms with E-state index < -0.39 is 4.92 Å². The average Bonchev–Trinajstić information content (AvgIpc) is 2.29. The van der Waals surface area contributed by atoms with Crippen LogP contribution in [0.2, 0.25) is 0 Å². The SMILES string of the molecule is CCCNC(=O)Nc1cc([N+](=O)[O-])ccc1Br. The number of halogens is 1. The van der Waals surface area contributed by atoms with Crippen molar-refractivity contribution in [2.45, 2.75) is 13.3 Å². The smallest absolute Gasteiger partial charge is 0.319 e. The van der Waals surface area contributed by atoms with E-state index in [1.165, 1.54) is 18.2 Å². The van der Waals surface area contributed by atoms with Crippen molar-refractivity contribution in [3.8, 4) is 0 Å². The molecule has 17 heavy (non-hydrogen) atoms.